The molecule has 0 N–H and O–H groups in total. The Morgan fingerprint density at radius 3 is 2.42 bits per heavy atom. The number of aromatic nitrogens is 1. The lowest BCUT2D eigenvalue weighted by Crippen LogP contribution is -2.48. The molecular weight excluding hydrogens is 391 g/mol. The van der Waals surface area contributed by atoms with Gasteiger partial charge in [0.2, 0.25) is 0 Å². The highest BCUT2D eigenvalue weighted by Gasteiger charge is 2.30. The number of hydrogen-bond acceptors (Lipinski definition) is 6. The molecule has 3 heterocycles. The van der Waals surface area contributed by atoms with Crippen LogP contribution in [0.4, 0.5) is 5.82 Å². The molecule has 0 atom stereocenters. The fraction of sp³-hybridized carbons (Fsp3) is 0.286. The van der Waals surface area contributed by atoms with Crippen molar-refractivity contribution in [2.24, 2.45) is 0 Å². The number of pyridine rings is 1. The van der Waals surface area contributed by atoms with Crippen molar-refractivity contribution in [1.29, 1.82) is 5.26 Å². The van der Waals surface area contributed by atoms with Crippen molar-refractivity contribution >= 4 is 50.4 Å². The Morgan fingerprint density at radius 1 is 1.12 bits per heavy atom. The van der Waals surface area contributed by atoms with Crippen LogP contribution in [0.3, 0.4) is 0 Å². The third-order valence-corrected chi connectivity index (χ3v) is 7.54. The van der Waals surface area contributed by atoms with E-state index in [4.69, 9.17) is 28.5 Å². The summed E-state index contributed by atoms with van der Waals surface area (Å²) in [6.45, 7) is 1.64. The second-order valence-corrected chi connectivity index (χ2v) is 9.35. The molecule has 6 nitrogen and oxygen atoms in total. The highest BCUT2D eigenvalue weighted by molar-refractivity contribution is 7.91. The summed E-state index contributed by atoms with van der Waals surface area (Å²) < 4.78 is 27.3. The summed E-state index contributed by atoms with van der Waals surface area (Å²) in [6, 6.07) is 8.40. The number of anilines is 1. The van der Waals surface area contributed by atoms with Crippen LogP contribution < -0.4 is 4.90 Å². The van der Waals surface area contributed by atoms with Gasteiger partial charge in [-0.2, -0.15) is 9.57 Å². The average Bonchev–Trinajstić information content (AvgIpc) is 3.03. The number of rotatable bonds is 3. The van der Waals surface area contributed by atoms with Gasteiger partial charge < -0.3 is 4.90 Å². The van der Waals surface area contributed by atoms with Crippen LogP contribution >= 0.6 is 34.5 Å². The quantitative estimate of drug-likeness (QED) is 0.788. The smallest absolute Gasteiger partial charge is 0.252 e. The number of nitrogens with zero attached hydrogens (tertiary/aromatic N) is 4. The van der Waals surface area contributed by atoms with Crippen LogP contribution in [0.1, 0.15) is 5.69 Å². The van der Waals surface area contributed by atoms with Crippen molar-refractivity contribution in [2.45, 2.75) is 4.21 Å². The highest BCUT2D eigenvalue weighted by Crippen LogP contribution is 2.29. The van der Waals surface area contributed by atoms with Gasteiger partial charge in [-0.1, -0.05) is 23.2 Å². The maximum atomic E-state index is 12.6. The molecule has 0 unspecified atom stereocenters. The van der Waals surface area contributed by atoms with E-state index in [2.05, 4.69) is 4.98 Å². The fourth-order valence-corrected chi connectivity index (χ4v) is 5.61. The third-order valence-electron chi connectivity index (χ3n) is 3.64. The maximum absolute atomic E-state index is 12.6. The number of sulfonamides is 1. The van der Waals surface area contributed by atoms with Crippen LogP contribution in [-0.4, -0.2) is 43.9 Å². The van der Waals surface area contributed by atoms with E-state index >= 15 is 0 Å². The molecule has 1 aliphatic heterocycles. The van der Waals surface area contributed by atoms with E-state index in [0.29, 0.717) is 41.4 Å². The van der Waals surface area contributed by atoms with Gasteiger partial charge in [-0.05, 0) is 24.3 Å². The molecule has 0 amide bonds. The van der Waals surface area contributed by atoms with Gasteiger partial charge in [0.25, 0.3) is 10.0 Å². The molecule has 0 radical (unpaired) electrons. The monoisotopic (exact) mass is 402 g/mol. The highest BCUT2D eigenvalue weighted by atomic mass is 35.5. The lowest BCUT2D eigenvalue weighted by Gasteiger charge is -2.34. The van der Waals surface area contributed by atoms with Crippen molar-refractivity contribution < 1.29 is 8.42 Å². The molecule has 24 heavy (non-hydrogen) atoms. The molecule has 2 aromatic rings. The minimum Gasteiger partial charge on any atom is -0.354 e. The summed E-state index contributed by atoms with van der Waals surface area (Å²) >= 11 is 12.8. The molecule has 3 rings (SSSR count). The van der Waals surface area contributed by atoms with E-state index in [9.17, 15) is 8.42 Å². The minimum absolute atomic E-state index is 0.164. The van der Waals surface area contributed by atoms with Crippen molar-refractivity contribution in [2.75, 3.05) is 31.1 Å². The predicted octanol–water partition coefficient (Wildman–Crippen LogP) is 2.83. The topological polar surface area (TPSA) is 77.3 Å². The summed E-state index contributed by atoms with van der Waals surface area (Å²) in [5.41, 5.74) is 0.164. The Morgan fingerprint density at radius 2 is 1.83 bits per heavy atom. The molecule has 0 aliphatic carbocycles. The lowest BCUT2D eigenvalue weighted by molar-refractivity contribution is 0.385. The number of hydrogen-bond donors (Lipinski definition) is 0. The minimum atomic E-state index is -3.52. The SMILES string of the molecule is N#Cc1nc(N2CCN(S(=O)(=O)c3ccc(Cl)s3)CC2)ccc1Cl. The summed E-state index contributed by atoms with van der Waals surface area (Å²) in [5.74, 6) is 0.618. The van der Waals surface area contributed by atoms with E-state index in [1.54, 1.807) is 18.2 Å². The van der Waals surface area contributed by atoms with E-state index < -0.39 is 10.0 Å². The summed E-state index contributed by atoms with van der Waals surface area (Å²) in [5, 5.41) is 9.31. The Hall–Kier alpha value is -1.37. The largest absolute Gasteiger partial charge is 0.354 e. The van der Waals surface area contributed by atoms with Gasteiger partial charge in [0, 0.05) is 26.2 Å². The number of piperazine rings is 1. The maximum Gasteiger partial charge on any atom is 0.252 e. The number of halogens is 2. The van der Waals surface area contributed by atoms with Crippen LogP contribution in [-0.2, 0) is 10.0 Å². The Kier molecular flexibility index (Phi) is 4.99. The van der Waals surface area contributed by atoms with Crippen LogP contribution in [0.2, 0.25) is 9.36 Å². The van der Waals surface area contributed by atoms with Gasteiger partial charge in [-0.3, -0.25) is 0 Å². The molecule has 0 aromatic carbocycles. The Bertz CT molecular complexity index is 900. The van der Waals surface area contributed by atoms with Gasteiger partial charge in [0.1, 0.15) is 16.1 Å². The molecule has 1 aliphatic rings. The third kappa shape index (κ3) is 3.36. The van der Waals surface area contributed by atoms with Crippen molar-refractivity contribution in [1.82, 2.24) is 9.29 Å². The van der Waals surface area contributed by atoms with E-state index in [0.717, 1.165) is 11.3 Å². The molecule has 126 valence electrons. The first kappa shape index (κ1) is 17.5. The lowest BCUT2D eigenvalue weighted by atomic mass is 10.3. The van der Waals surface area contributed by atoms with Crippen molar-refractivity contribution in [3.63, 3.8) is 0 Å². The molecular formula is C14H12Cl2N4O2S2. The zero-order chi connectivity index (χ0) is 17.3. The Balaban J connectivity index is 1.73. The first-order valence-corrected chi connectivity index (χ1v) is 10.00. The van der Waals surface area contributed by atoms with Gasteiger partial charge in [-0.15, -0.1) is 11.3 Å². The first-order chi connectivity index (χ1) is 11.4. The molecule has 10 heteroatoms. The molecule has 2 aromatic heterocycles. The molecule has 1 saturated heterocycles. The predicted molar refractivity (Wildman–Crippen MR) is 94.3 cm³/mol. The van der Waals surface area contributed by atoms with Crippen molar-refractivity contribution in [3.8, 4) is 6.07 Å². The normalized spacial score (nSPS) is 16.1. The first-order valence-electron chi connectivity index (χ1n) is 6.99. The van der Waals surface area contributed by atoms with Crippen LogP contribution in [0.25, 0.3) is 0 Å². The van der Waals surface area contributed by atoms with Gasteiger partial charge >= 0.3 is 0 Å². The fourth-order valence-electron chi connectivity index (χ4n) is 2.41. The molecule has 1 fully saturated rings. The van der Waals surface area contributed by atoms with Crippen LogP contribution in [0.5, 0.6) is 0 Å². The van der Waals surface area contributed by atoms with E-state index in [1.165, 1.54) is 10.4 Å². The van der Waals surface area contributed by atoms with Crippen molar-refractivity contribution in [3.05, 3.63) is 39.3 Å². The molecule has 0 saturated carbocycles. The van der Waals surface area contributed by atoms with Crippen LogP contribution in [0, 0.1) is 11.3 Å². The standard InChI is InChI=1S/C14H12Cl2N4O2S2/c15-10-1-3-13(18-11(10)9-17)19-5-7-20(8-6-19)24(21,22)14-4-2-12(16)23-14/h1-4H,5-8H2. The van der Waals surface area contributed by atoms with Gasteiger partial charge in [-0.25, -0.2) is 13.4 Å². The van der Waals surface area contributed by atoms with Crippen LogP contribution in [0.15, 0.2) is 28.5 Å². The second kappa shape index (κ2) is 6.86. The molecule has 0 bridgehead atoms. The zero-order valence-electron chi connectivity index (χ0n) is 12.3. The zero-order valence-corrected chi connectivity index (χ0v) is 15.5. The second-order valence-electron chi connectivity index (χ2n) is 5.06. The summed E-state index contributed by atoms with van der Waals surface area (Å²) in [6.07, 6.45) is 0. The van der Waals surface area contributed by atoms with E-state index in [1.807, 2.05) is 11.0 Å². The van der Waals surface area contributed by atoms with Gasteiger partial charge in [0.05, 0.1) is 9.36 Å². The summed E-state index contributed by atoms with van der Waals surface area (Å²) in [7, 11) is -3.52. The summed E-state index contributed by atoms with van der Waals surface area (Å²) in [4.78, 5) is 6.15. The number of thiophene rings is 1. The average molecular weight is 403 g/mol. The Labute approximate surface area is 153 Å². The number of nitriles is 1. The van der Waals surface area contributed by atoms with Gasteiger partial charge in [0.15, 0.2) is 5.69 Å². The molecule has 0 spiro atoms. The van der Waals surface area contributed by atoms with E-state index in [-0.39, 0.29) is 9.90 Å².